The maximum absolute atomic E-state index is 13.4. The minimum Gasteiger partial charge on any atom is -0.399 e. The van der Waals surface area contributed by atoms with Crippen LogP contribution in [-0.4, -0.2) is 0 Å². The van der Waals surface area contributed by atoms with Crippen molar-refractivity contribution in [1.82, 2.24) is 0 Å². The van der Waals surface area contributed by atoms with Crippen molar-refractivity contribution in [2.75, 3.05) is 5.73 Å². The number of nitrogen functional groups attached to an aromatic ring is 1. The Morgan fingerprint density at radius 2 is 1.26 bits per heavy atom. The topological polar surface area (TPSA) is 26.0 Å². The smallest absolute Gasteiger partial charge is 0.194 e. The second kappa shape index (κ2) is 5.80. The lowest BCUT2D eigenvalue weighted by Crippen LogP contribution is -1.93. The third-order valence-corrected chi connectivity index (χ3v) is 3.77. The molecule has 0 aliphatic rings. The van der Waals surface area contributed by atoms with Crippen molar-refractivity contribution in [3.05, 3.63) is 77.6 Å². The maximum Gasteiger partial charge on any atom is 0.194 e. The first-order valence-corrected chi connectivity index (χ1v) is 7.07. The van der Waals surface area contributed by atoms with Crippen molar-refractivity contribution in [2.24, 2.45) is 0 Å². The molecule has 3 rings (SSSR count). The molecule has 3 aromatic rings. The van der Waals surface area contributed by atoms with Crippen LogP contribution in [-0.2, 0) is 0 Å². The van der Waals surface area contributed by atoms with E-state index in [4.69, 9.17) is 5.73 Å². The Morgan fingerprint density at radius 1 is 0.696 bits per heavy atom. The molecule has 0 aliphatic carbocycles. The van der Waals surface area contributed by atoms with Gasteiger partial charge in [-0.3, -0.25) is 0 Å². The highest BCUT2D eigenvalue weighted by atomic mass is 19.2. The van der Waals surface area contributed by atoms with E-state index in [1.54, 1.807) is 6.07 Å². The van der Waals surface area contributed by atoms with Gasteiger partial charge in [-0.15, -0.1) is 0 Å². The van der Waals surface area contributed by atoms with Crippen molar-refractivity contribution in [2.45, 2.75) is 6.92 Å². The number of rotatable bonds is 2. The van der Waals surface area contributed by atoms with E-state index in [-0.39, 0.29) is 0 Å². The number of hydrogen-bond donors (Lipinski definition) is 1. The minimum atomic E-state index is -1.45. The lowest BCUT2D eigenvalue weighted by atomic mass is 9.95. The highest BCUT2D eigenvalue weighted by molar-refractivity contribution is 5.74. The first-order valence-electron chi connectivity index (χ1n) is 7.07. The number of aryl methyl sites for hydroxylation is 1. The third kappa shape index (κ3) is 2.93. The van der Waals surface area contributed by atoms with E-state index in [0.717, 1.165) is 28.8 Å². The van der Waals surface area contributed by atoms with Gasteiger partial charge < -0.3 is 5.73 Å². The van der Waals surface area contributed by atoms with Gasteiger partial charge in [-0.05, 0) is 59.0 Å². The quantitative estimate of drug-likeness (QED) is 0.502. The monoisotopic (exact) mass is 313 g/mol. The predicted molar refractivity (Wildman–Crippen MR) is 86.3 cm³/mol. The molecule has 4 heteroatoms. The molecule has 0 heterocycles. The Labute approximate surface area is 132 Å². The molecule has 0 saturated heterocycles. The van der Waals surface area contributed by atoms with Gasteiger partial charge in [-0.1, -0.05) is 30.3 Å². The Morgan fingerprint density at radius 3 is 1.83 bits per heavy atom. The van der Waals surface area contributed by atoms with Crippen molar-refractivity contribution in [3.8, 4) is 22.3 Å². The molecule has 0 aliphatic heterocycles. The molecule has 0 amide bonds. The molecule has 2 N–H and O–H groups in total. The molecule has 0 aromatic heterocycles. The van der Waals surface area contributed by atoms with Crippen LogP contribution in [0.1, 0.15) is 5.56 Å². The molecule has 1 nitrogen and oxygen atoms in total. The van der Waals surface area contributed by atoms with E-state index in [1.165, 1.54) is 0 Å². The summed E-state index contributed by atoms with van der Waals surface area (Å²) >= 11 is 0. The molecule has 23 heavy (non-hydrogen) atoms. The number of anilines is 1. The van der Waals surface area contributed by atoms with Gasteiger partial charge in [-0.2, -0.15) is 0 Å². The van der Waals surface area contributed by atoms with Crippen LogP contribution >= 0.6 is 0 Å². The standard InChI is InChI=1S/C19H14F3N/c1-11-8-13(12-2-5-15(23)6-3-12)4-7-16(11)14-9-17(20)19(22)18(21)10-14/h2-10H,23H2,1H3. The van der Waals surface area contributed by atoms with Crippen molar-refractivity contribution < 1.29 is 13.2 Å². The summed E-state index contributed by atoms with van der Waals surface area (Å²) in [6, 6.07) is 15.0. The van der Waals surface area contributed by atoms with Crippen LogP contribution in [0.25, 0.3) is 22.3 Å². The molecule has 0 spiro atoms. The van der Waals surface area contributed by atoms with Gasteiger partial charge in [0.1, 0.15) is 0 Å². The zero-order valence-electron chi connectivity index (χ0n) is 12.4. The summed E-state index contributed by atoms with van der Waals surface area (Å²) in [4.78, 5) is 0. The highest BCUT2D eigenvalue weighted by Gasteiger charge is 2.13. The molecular formula is C19H14F3N. The van der Waals surface area contributed by atoms with Gasteiger partial charge in [0, 0.05) is 5.69 Å². The molecule has 116 valence electrons. The number of halogens is 3. The van der Waals surface area contributed by atoms with Crippen LogP contribution < -0.4 is 5.73 Å². The van der Waals surface area contributed by atoms with Crippen LogP contribution in [0.15, 0.2) is 54.6 Å². The first-order chi connectivity index (χ1) is 11.0. The van der Waals surface area contributed by atoms with Crippen molar-refractivity contribution in [1.29, 1.82) is 0 Å². The SMILES string of the molecule is Cc1cc(-c2ccc(N)cc2)ccc1-c1cc(F)c(F)c(F)c1. The molecule has 0 unspecified atom stereocenters. The molecule has 0 bridgehead atoms. The van der Waals surface area contributed by atoms with Gasteiger partial charge in [0.2, 0.25) is 0 Å². The van der Waals surface area contributed by atoms with Gasteiger partial charge in [-0.25, -0.2) is 13.2 Å². The van der Waals surface area contributed by atoms with Crippen LogP contribution in [0.4, 0.5) is 18.9 Å². The fraction of sp³-hybridized carbons (Fsp3) is 0.0526. The van der Waals surface area contributed by atoms with Gasteiger partial charge in [0.05, 0.1) is 0 Å². The minimum absolute atomic E-state index is 0.308. The first kappa shape index (κ1) is 15.2. The Hall–Kier alpha value is -2.75. The summed E-state index contributed by atoms with van der Waals surface area (Å²) in [5.41, 5.74) is 10.1. The second-order valence-corrected chi connectivity index (χ2v) is 5.41. The van der Waals surface area contributed by atoms with Crippen LogP contribution in [0.3, 0.4) is 0 Å². The Kier molecular flexibility index (Phi) is 3.82. The number of hydrogen-bond acceptors (Lipinski definition) is 1. The van der Waals surface area contributed by atoms with E-state index >= 15 is 0 Å². The second-order valence-electron chi connectivity index (χ2n) is 5.41. The lowest BCUT2D eigenvalue weighted by Gasteiger charge is -2.10. The third-order valence-electron chi connectivity index (χ3n) is 3.77. The molecule has 3 aromatic carbocycles. The fourth-order valence-electron chi connectivity index (χ4n) is 2.55. The number of nitrogens with two attached hydrogens (primary N) is 1. The molecule has 0 fully saturated rings. The zero-order valence-corrected chi connectivity index (χ0v) is 12.4. The van der Waals surface area contributed by atoms with Crippen LogP contribution in [0.5, 0.6) is 0 Å². The molecule has 0 atom stereocenters. The van der Waals surface area contributed by atoms with Gasteiger partial charge in [0.25, 0.3) is 0 Å². The number of benzene rings is 3. The van der Waals surface area contributed by atoms with Gasteiger partial charge >= 0.3 is 0 Å². The molecular weight excluding hydrogens is 299 g/mol. The normalized spacial score (nSPS) is 10.8. The zero-order chi connectivity index (χ0) is 16.6. The molecule has 0 saturated carbocycles. The summed E-state index contributed by atoms with van der Waals surface area (Å²) in [5.74, 6) is -3.84. The lowest BCUT2D eigenvalue weighted by molar-refractivity contribution is 0.447. The van der Waals surface area contributed by atoms with E-state index in [9.17, 15) is 13.2 Å². The summed E-state index contributed by atoms with van der Waals surface area (Å²) in [5, 5.41) is 0. The van der Waals surface area contributed by atoms with E-state index in [2.05, 4.69) is 0 Å². The van der Waals surface area contributed by atoms with Crippen LogP contribution in [0.2, 0.25) is 0 Å². The maximum atomic E-state index is 13.4. The fourth-order valence-corrected chi connectivity index (χ4v) is 2.55. The van der Waals surface area contributed by atoms with E-state index in [0.29, 0.717) is 16.8 Å². The average molecular weight is 313 g/mol. The summed E-state index contributed by atoms with van der Waals surface area (Å²) in [7, 11) is 0. The summed E-state index contributed by atoms with van der Waals surface area (Å²) in [6.07, 6.45) is 0. The van der Waals surface area contributed by atoms with E-state index in [1.807, 2.05) is 43.3 Å². The summed E-state index contributed by atoms with van der Waals surface area (Å²) < 4.78 is 39.9. The average Bonchev–Trinajstić information content (AvgIpc) is 2.53. The van der Waals surface area contributed by atoms with Crippen molar-refractivity contribution >= 4 is 5.69 Å². The van der Waals surface area contributed by atoms with Crippen LogP contribution in [0, 0.1) is 24.4 Å². The van der Waals surface area contributed by atoms with E-state index < -0.39 is 17.5 Å². The van der Waals surface area contributed by atoms with Crippen molar-refractivity contribution in [3.63, 3.8) is 0 Å². The Bertz CT molecular complexity index is 847. The summed E-state index contributed by atoms with van der Waals surface area (Å²) in [6.45, 7) is 1.84. The molecule has 0 radical (unpaired) electrons. The Balaban J connectivity index is 2.04. The highest BCUT2D eigenvalue weighted by Crippen LogP contribution is 2.30. The predicted octanol–water partition coefficient (Wildman–Crippen LogP) is 5.33. The van der Waals surface area contributed by atoms with Gasteiger partial charge in [0.15, 0.2) is 17.5 Å². The largest absolute Gasteiger partial charge is 0.399 e.